The summed E-state index contributed by atoms with van der Waals surface area (Å²) in [4.78, 5) is 47.1. The van der Waals surface area contributed by atoms with E-state index in [0.717, 1.165) is 29.9 Å². The molecule has 2 aliphatic rings. The Morgan fingerprint density at radius 2 is 1.73 bits per heavy atom. The summed E-state index contributed by atoms with van der Waals surface area (Å²) < 4.78 is 1.56. The second kappa shape index (κ2) is 8.92. The minimum absolute atomic E-state index is 0.00708. The smallest absolute Gasteiger partial charge is 0.282 e. The van der Waals surface area contributed by atoms with E-state index in [-0.39, 0.29) is 23.4 Å². The third kappa shape index (κ3) is 4.34. The number of carbonyl (C=O) groups excluding carboxylic acids is 2. The van der Waals surface area contributed by atoms with Crippen LogP contribution >= 0.6 is 11.3 Å². The van der Waals surface area contributed by atoms with Crippen molar-refractivity contribution in [1.82, 2.24) is 19.4 Å². The summed E-state index contributed by atoms with van der Waals surface area (Å²) in [6.45, 7) is 3.47. The summed E-state index contributed by atoms with van der Waals surface area (Å²) in [5.74, 6) is 0.114. The molecular weight excluding hydrogens is 438 g/mol. The van der Waals surface area contributed by atoms with Crippen molar-refractivity contribution in [3.8, 4) is 11.1 Å². The lowest BCUT2D eigenvalue weighted by Crippen LogP contribution is -2.52. The Hall–Kier alpha value is -3.30. The van der Waals surface area contributed by atoms with Crippen LogP contribution in [0.1, 0.15) is 16.2 Å². The van der Waals surface area contributed by atoms with Gasteiger partial charge in [-0.2, -0.15) is 0 Å². The Kier molecular flexibility index (Phi) is 5.82. The molecule has 0 N–H and O–H groups in total. The van der Waals surface area contributed by atoms with E-state index in [0.29, 0.717) is 31.1 Å². The quantitative estimate of drug-likeness (QED) is 0.592. The number of aryl methyl sites for hydroxylation is 1. The molecule has 2 amide bonds. The highest BCUT2D eigenvalue weighted by Gasteiger charge is 2.36. The van der Waals surface area contributed by atoms with Crippen LogP contribution in [0.15, 0.2) is 59.0 Å². The molecule has 0 radical (unpaired) electrons. The predicted molar refractivity (Wildman–Crippen MR) is 127 cm³/mol. The van der Waals surface area contributed by atoms with E-state index in [1.807, 2.05) is 51.7 Å². The number of pyridine rings is 1. The Balaban J connectivity index is 1.21. The Bertz CT molecular complexity index is 1210. The van der Waals surface area contributed by atoms with Crippen LogP contribution in [0, 0.1) is 0 Å². The van der Waals surface area contributed by atoms with Gasteiger partial charge in [0.05, 0.1) is 0 Å². The van der Waals surface area contributed by atoms with Gasteiger partial charge in [-0.3, -0.25) is 19.3 Å². The molecule has 170 valence electrons. The molecule has 4 heterocycles. The second-order valence-electron chi connectivity index (χ2n) is 8.44. The lowest BCUT2D eigenvalue weighted by molar-refractivity contribution is -0.117. The highest BCUT2D eigenvalue weighted by atomic mass is 32.1. The molecule has 0 spiro atoms. The minimum atomic E-state index is -0.0440. The molecule has 5 rings (SSSR count). The number of benzene rings is 1. The first-order valence-electron chi connectivity index (χ1n) is 11.0. The molecule has 3 aromatic rings. The van der Waals surface area contributed by atoms with Crippen LogP contribution in [0.25, 0.3) is 11.1 Å². The van der Waals surface area contributed by atoms with Crippen molar-refractivity contribution >= 4 is 28.8 Å². The lowest BCUT2D eigenvalue weighted by Gasteiger charge is -2.37. The average Bonchev–Trinajstić information content (AvgIpc) is 3.51. The van der Waals surface area contributed by atoms with Crippen LogP contribution in [0.3, 0.4) is 0 Å². The van der Waals surface area contributed by atoms with E-state index in [9.17, 15) is 14.4 Å². The Morgan fingerprint density at radius 3 is 2.39 bits per heavy atom. The molecular formula is C24H25N5O3S. The number of piperazine rings is 1. The van der Waals surface area contributed by atoms with Crippen molar-refractivity contribution in [2.75, 3.05) is 37.6 Å². The first kappa shape index (κ1) is 21.5. The number of hydrogen-bond donors (Lipinski definition) is 0. The van der Waals surface area contributed by atoms with E-state index in [1.54, 1.807) is 23.9 Å². The van der Waals surface area contributed by atoms with Crippen molar-refractivity contribution in [1.29, 1.82) is 0 Å². The number of hydrogen-bond acceptors (Lipinski definition) is 6. The van der Waals surface area contributed by atoms with Gasteiger partial charge in [0.2, 0.25) is 11.5 Å². The van der Waals surface area contributed by atoms with Gasteiger partial charge in [-0.05, 0) is 29.3 Å². The van der Waals surface area contributed by atoms with Crippen LogP contribution in [-0.4, -0.2) is 69.9 Å². The number of anilines is 1. The Labute approximate surface area is 195 Å². The third-order valence-electron chi connectivity index (χ3n) is 6.44. The molecule has 2 aliphatic heterocycles. The number of thiazole rings is 1. The van der Waals surface area contributed by atoms with E-state index < -0.39 is 0 Å². The van der Waals surface area contributed by atoms with Gasteiger partial charge in [-0.25, -0.2) is 4.98 Å². The van der Waals surface area contributed by atoms with Gasteiger partial charge >= 0.3 is 0 Å². The van der Waals surface area contributed by atoms with E-state index in [2.05, 4.69) is 9.88 Å². The zero-order valence-electron chi connectivity index (χ0n) is 18.4. The maximum atomic E-state index is 12.8. The predicted octanol–water partition coefficient (Wildman–Crippen LogP) is 2.07. The molecule has 9 heteroatoms. The van der Waals surface area contributed by atoms with Crippen molar-refractivity contribution in [2.45, 2.75) is 12.5 Å². The number of aromatic nitrogens is 2. The van der Waals surface area contributed by atoms with Crippen LogP contribution < -0.4 is 10.5 Å². The normalized spacial score (nSPS) is 19.3. The largest absolute Gasteiger partial charge is 0.334 e. The number of nitrogens with zero attached hydrogens (tertiary/aromatic N) is 5. The zero-order chi connectivity index (χ0) is 22.9. The zero-order valence-corrected chi connectivity index (χ0v) is 19.2. The van der Waals surface area contributed by atoms with E-state index >= 15 is 0 Å². The van der Waals surface area contributed by atoms with Crippen molar-refractivity contribution in [2.24, 2.45) is 7.05 Å². The highest BCUT2D eigenvalue weighted by molar-refractivity contribution is 7.11. The highest BCUT2D eigenvalue weighted by Crippen LogP contribution is 2.28. The molecule has 8 nitrogen and oxygen atoms in total. The topological polar surface area (TPSA) is 78.8 Å². The fraction of sp³-hybridized carbons (Fsp3) is 0.333. The summed E-state index contributed by atoms with van der Waals surface area (Å²) in [6.07, 6.45) is 3.96. The van der Waals surface area contributed by atoms with Crippen molar-refractivity contribution in [3.63, 3.8) is 0 Å². The third-order valence-corrected chi connectivity index (χ3v) is 7.20. The van der Waals surface area contributed by atoms with Crippen LogP contribution in [0.5, 0.6) is 0 Å². The van der Waals surface area contributed by atoms with Crippen LogP contribution in [0.2, 0.25) is 0 Å². The molecule has 1 atom stereocenters. The molecule has 2 fully saturated rings. The van der Waals surface area contributed by atoms with Crippen molar-refractivity contribution in [3.05, 3.63) is 69.5 Å². The van der Waals surface area contributed by atoms with Crippen molar-refractivity contribution < 1.29 is 9.59 Å². The van der Waals surface area contributed by atoms with E-state index in [1.165, 1.54) is 11.3 Å². The first-order valence-corrected chi connectivity index (χ1v) is 11.9. The molecule has 1 aromatic carbocycles. The van der Waals surface area contributed by atoms with Crippen LogP contribution in [0.4, 0.5) is 5.69 Å². The van der Waals surface area contributed by atoms with Gasteiger partial charge in [-0.15, -0.1) is 11.3 Å². The maximum absolute atomic E-state index is 12.8. The summed E-state index contributed by atoms with van der Waals surface area (Å²) in [6, 6.07) is 11.4. The van der Waals surface area contributed by atoms with Gasteiger partial charge in [0.15, 0.2) is 5.01 Å². The summed E-state index contributed by atoms with van der Waals surface area (Å²) in [5, 5.41) is 2.35. The first-order chi connectivity index (χ1) is 16.0. The maximum Gasteiger partial charge on any atom is 0.282 e. The minimum Gasteiger partial charge on any atom is -0.334 e. The van der Waals surface area contributed by atoms with Crippen LogP contribution in [-0.2, 0) is 11.8 Å². The van der Waals surface area contributed by atoms with Gasteiger partial charge in [0.25, 0.3) is 5.91 Å². The molecule has 0 saturated carbocycles. The van der Waals surface area contributed by atoms with Gasteiger partial charge in [0, 0.05) is 81.8 Å². The SMILES string of the molecule is Cn1cc(-c2ccc(N3CC(N4CCN(C(=O)c5nccs5)CC4)CC3=O)cc2)ccc1=O. The summed E-state index contributed by atoms with van der Waals surface area (Å²) in [5.41, 5.74) is 2.80. The van der Waals surface area contributed by atoms with Gasteiger partial charge < -0.3 is 14.4 Å². The number of carbonyl (C=O) groups is 2. The lowest BCUT2D eigenvalue weighted by atomic mass is 10.1. The molecule has 33 heavy (non-hydrogen) atoms. The fourth-order valence-electron chi connectivity index (χ4n) is 4.54. The standard InChI is InChI=1S/C24H25N5O3S/c1-26-15-18(4-7-21(26)30)17-2-5-19(6-3-17)29-16-20(14-22(29)31)27-9-11-28(12-10-27)24(32)23-25-8-13-33-23/h2-8,13,15,20H,9-12,14,16H2,1H3. The molecule has 0 aliphatic carbocycles. The molecule has 1 unspecified atom stereocenters. The summed E-state index contributed by atoms with van der Waals surface area (Å²) >= 11 is 1.37. The van der Waals surface area contributed by atoms with E-state index in [4.69, 9.17) is 0 Å². The average molecular weight is 464 g/mol. The Morgan fingerprint density at radius 1 is 1.00 bits per heavy atom. The van der Waals surface area contributed by atoms with Gasteiger partial charge in [0.1, 0.15) is 0 Å². The van der Waals surface area contributed by atoms with Gasteiger partial charge in [-0.1, -0.05) is 12.1 Å². The molecule has 0 bridgehead atoms. The number of rotatable bonds is 4. The second-order valence-corrected chi connectivity index (χ2v) is 9.34. The number of amides is 2. The fourth-order valence-corrected chi connectivity index (χ4v) is 5.14. The molecule has 2 aromatic heterocycles. The monoisotopic (exact) mass is 463 g/mol. The summed E-state index contributed by atoms with van der Waals surface area (Å²) in [7, 11) is 1.73. The molecule has 2 saturated heterocycles.